The van der Waals surface area contributed by atoms with Gasteiger partial charge in [0.2, 0.25) is 5.91 Å². The topological polar surface area (TPSA) is 66.6 Å². The third-order valence-electron chi connectivity index (χ3n) is 4.46. The number of nitrogens with zero attached hydrogens (tertiary/aromatic N) is 2. The Balaban J connectivity index is 0.00000288. The SMILES string of the molecule is CC(=O)c1ccc(N2CCN(C(=O)C(C)C(C)N)CC2)c(F)c1.Cl.Cl. The molecule has 1 heterocycles. The predicted octanol–water partition coefficient (Wildman–Crippen LogP) is 2.50. The number of amides is 1. The molecule has 0 saturated carbocycles. The zero-order valence-corrected chi connectivity index (χ0v) is 16.3. The first-order valence-corrected chi connectivity index (χ1v) is 7.91. The van der Waals surface area contributed by atoms with Gasteiger partial charge >= 0.3 is 0 Å². The number of piperazine rings is 1. The largest absolute Gasteiger partial charge is 0.366 e. The number of halogens is 3. The fraction of sp³-hybridized carbons (Fsp3) is 0.529. The Bertz CT molecular complexity index is 606. The van der Waals surface area contributed by atoms with E-state index in [9.17, 15) is 14.0 Å². The van der Waals surface area contributed by atoms with Crippen molar-refractivity contribution in [3.8, 4) is 0 Å². The van der Waals surface area contributed by atoms with Gasteiger partial charge in [-0.1, -0.05) is 6.92 Å². The molecule has 2 atom stereocenters. The van der Waals surface area contributed by atoms with E-state index in [0.29, 0.717) is 37.4 Å². The van der Waals surface area contributed by atoms with Crippen molar-refractivity contribution < 1.29 is 14.0 Å². The van der Waals surface area contributed by atoms with Gasteiger partial charge in [0.15, 0.2) is 5.78 Å². The standard InChI is InChI=1S/C17H24FN3O2.2ClH/c1-11(12(2)19)17(23)21-8-6-20(7-9-21)16-5-4-14(13(3)22)10-15(16)18;;/h4-5,10-12H,6-9,19H2,1-3H3;2*1H. The van der Waals surface area contributed by atoms with Gasteiger partial charge in [-0.3, -0.25) is 9.59 Å². The minimum absolute atomic E-state index is 0. The summed E-state index contributed by atoms with van der Waals surface area (Å²) in [5.41, 5.74) is 6.63. The summed E-state index contributed by atoms with van der Waals surface area (Å²) in [6.07, 6.45) is 0. The summed E-state index contributed by atoms with van der Waals surface area (Å²) < 4.78 is 14.2. The molecule has 8 heteroatoms. The summed E-state index contributed by atoms with van der Waals surface area (Å²) in [7, 11) is 0. The minimum atomic E-state index is -0.401. The highest BCUT2D eigenvalue weighted by atomic mass is 35.5. The fourth-order valence-electron chi connectivity index (χ4n) is 2.66. The van der Waals surface area contributed by atoms with E-state index < -0.39 is 5.82 Å². The van der Waals surface area contributed by atoms with Crippen LogP contribution in [-0.2, 0) is 4.79 Å². The maximum Gasteiger partial charge on any atom is 0.227 e. The summed E-state index contributed by atoms with van der Waals surface area (Å²) >= 11 is 0. The van der Waals surface area contributed by atoms with Crippen LogP contribution in [0.3, 0.4) is 0 Å². The molecular weight excluding hydrogens is 368 g/mol. The average Bonchev–Trinajstić information content (AvgIpc) is 2.53. The first-order chi connectivity index (χ1) is 10.8. The van der Waals surface area contributed by atoms with Crippen LogP contribution in [0, 0.1) is 11.7 Å². The number of hydrogen-bond acceptors (Lipinski definition) is 4. The first kappa shape index (κ1) is 23.6. The first-order valence-electron chi connectivity index (χ1n) is 7.91. The normalized spacial score (nSPS) is 16.4. The molecule has 2 N–H and O–H groups in total. The summed E-state index contributed by atoms with van der Waals surface area (Å²) in [5.74, 6) is -0.725. The Kier molecular flexibility index (Phi) is 9.40. The van der Waals surface area contributed by atoms with Crippen molar-refractivity contribution in [1.82, 2.24) is 4.90 Å². The van der Waals surface area contributed by atoms with Crippen LogP contribution >= 0.6 is 24.8 Å². The molecular formula is C17H26Cl2FN3O2. The maximum absolute atomic E-state index is 14.2. The van der Waals surface area contributed by atoms with Crippen LogP contribution in [0.25, 0.3) is 0 Å². The lowest BCUT2D eigenvalue weighted by Crippen LogP contribution is -2.52. The second kappa shape index (κ2) is 9.94. The predicted molar refractivity (Wildman–Crippen MR) is 103 cm³/mol. The second-order valence-corrected chi connectivity index (χ2v) is 6.18. The molecule has 1 aliphatic rings. The van der Waals surface area contributed by atoms with Crippen molar-refractivity contribution in [3.63, 3.8) is 0 Å². The van der Waals surface area contributed by atoms with E-state index >= 15 is 0 Å². The molecule has 0 radical (unpaired) electrons. The fourth-order valence-corrected chi connectivity index (χ4v) is 2.66. The minimum Gasteiger partial charge on any atom is -0.366 e. The molecule has 0 aliphatic carbocycles. The molecule has 0 aromatic heterocycles. The Hall–Kier alpha value is -1.37. The molecule has 1 aliphatic heterocycles. The van der Waals surface area contributed by atoms with E-state index in [-0.39, 0.29) is 48.5 Å². The van der Waals surface area contributed by atoms with Crippen LogP contribution in [0.2, 0.25) is 0 Å². The lowest BCUT2D eigenvalue weighted by Gasteiger charge is -2.37. The van der Waals surface area contributed by atoms with E-state index in [2.05, 4.69) is 0 Å². The summed E-state index contributed by atoms with van der Waals surface area (Å²) in [6.45, 7) is 7.29. The van der Waals surface area contributed by atoms with E-state index in [1.54, 1.807) is 17.0 Å². The van der Waals surface area contributed by atoms with Crippen LogP contribution in [0.4, 0.5) is 10.1 Å². The highest BCUT2D eigenvalue weighted by Gasteiger charge is 2.27. The van der Waals surface area contributed by atoms with Crippen LogP contribution in [0.15, 0.2) is 18.2 Å². The third kappa shape index (κ3) is 5.56. The van der Waals surface area contributed by atoms with Gasteiger partial charge in [0, 0.05) is 37.8 Å². The van der Waals surface area contributed by atoms with Gasteiger partial charge in [0.1, 0.15) is 5.82 Å². The van der Waals surface area contributed by atoms with Gasteiger partial charge in [-0.25, -0.2) is 4.39 Å². The van der Waals surface area contributed by atoms with Crippen molar-refractivity contribution in [1.29, 1.82) is 0 Å². The number of benzene rings is 1. The molecule has 2 unspecified atom stereocenters. The number of carbonyl (C=O) groups is 2. The number of Topliss-reactive ketones (excluding diaryl/α,β-unsaturated/α-hetero) is 1. The molecule has 1 aromatic rings. The summed E-state index contributed by atoms with van der Waals surface area (Å²) in [5, 5.41) is 0. The lowest BCUT2D eigenvalue weighted by molar-refractivity contribution is -0.135. The van der Waals surface area contributed by atoms with Gasteiger partial charge in [0.25, 0.3) is 0 Å². The Labute approximate surface area is 160 Å². The molecule has 1 fully saturated rings. The highest BCUT2D eigenvalue weighted by molar-refractivity contribution is 5.94. The molecule has 2 rings (SSSR count). The molecule has 25 heavy (non-hydrogen) atoms. The van der Waals surface area contributed by atoms with Gasteiger partial charge < -0.3 is 15.5 Å². The molecule has 142 valence electrons. The smallest absolute Gasteiger partial charge is 0.227 e. The lowest BCUT2D eigenvalue weighted by atomic mass is 10.0. The van der Waals surface area contributed by atoms with Crippen molar-refractivity contribution in [2.75, 3.05) is 31.1 Å². The molecule has 1 amide bonds. The van der Waals surface area contributed by atoms with Crippen LogP contribution in [-0.4, -0.2) is 48.8 Å². The van der Waals surface area contributed by atoms with Crippen LogP contribution in [0.5, 0.6) is 0 Å². The zero-order valence-electron chi connectivity index (χ0n) is 14.7. The third-order valence-corrected chi connectivity index (χ3v) is 4.46. The number of anilines is 1. The second-order valence-electron chi connectivity index (χ2n) is 6.18. The Morgan fingerprint density at radius 1 is 1.12 bits per heavy atom. The van der Waals surface area contributed by atoms with Crippen molar-refractivity contribution in [3.05, 3.63) is 29.6 Å². The average molecular weight is 394 g/mol. The molecule has 1 saturated heterocycles. The number of ketones is 1. The zero-order chi connectivity index (χ0) is 17.1. The van der Waals surface area contributed by atoms with E-state index in [0.717, 1.165) is 0 Å². The number of nitrogens with two attached hydrogens (primary N) is 1. The number of rotatable bonds is 4. The molecule has 5 nitrogen and oxygen atoms in total. The Morgan fingerprint density at radius 2 is 1.68 bits per heavy atom. The van der Waals surface area contributed by atoms with Gasteiger partial charge in [-0.2, -0.15) is 0 Å². The van der Waals surface area contributed by atoms with E-state index in [4.69, 9.17) is 5.73 Å². The highest BCUT2D eigenvalue weighted by Crippen LogP contribution is 2.22. The van der Waals surface area contributed by atoms with Gasteiger partial charge in [0.05, 0.1) is 11.6 Å². The molecule has 0 spiro atoms. The van der Waals surface area contributed by atoms with E-state index in [1.807, 2.05) is 18.7 Å². The van der Waals surface area contributed by atoms with Gasteiger partial charge in [-0.05, 0) is 32.0 Å². The Morgan fingerprint density at radius 3 is 2.12 bits per heavy atom. The van der Waals surface area contributed by atoms with Crippen LogP contribution in [0.1, 0.15) is 31.1 Å². The van der Waals surface area contributed by atoms with Crippen molar-refractivity contribution >= 4 is 42.2 Å². The van der Waals surface area contributed by atoms with Crippen molar-refractivity contribution in [2.24, 2.45) is 11.7 Å². The number of hydrogen-bond donors (Lipinski definition) is 1. The monoisotopic (exact) mass is 393 g/mol. The number of carbonyl (C=O) groups excluding carboxylic acids is 2. The van der Waals surface area contributed by atoms with Gasteiger partial charge in [-0.15, -0.1) is 24.8 Å². The quantitative estimate of drug-likeness (QED) is 0.797. The molecule has 1 aromatic carbocycles. The summed E-state index contributed by atoms with van der Waals surface area (Å²) in [4.78, 5) is 27.3. The van der Waals surface area contributed by atoms with Crippen molar-refractivity contribution in [2.45, 2.75) is 26.8 Å². The summed E-state index contributed by atoms with van der Waals surface area (Å²) in [6, 6.07) is 4.36. The molecule has 0 bridgehead atoms. The maximum atomic E-state index is 14.2. The van der Waals surface area contributed by atoms with Crippen LogP contribution < -0.4 is 10.6 Å². The van der Waals surface area contributed by atoms with E-state index in [1.165, 1.54) is 13.0 Å².